The summed E-state index contributed by atoms with van der Waals surface area (Å²) in [5.41, 5.74) is 4.90. The van der Waals surface area contributed by atoms with Crippen molar-refractivity contribution >= 4 is 17.4 Å². The van der Waals surface area contributed by atoms with Crippen molar-refractivity contribution in [2.75, 3.05) is 36.4 Å². The first-order chi connectivity index (χ1) is 14.5. The summed E-state index contributed by atoms with van der Waals surface area (Å²) in [5.74, 6) is 1.03. The molecule has 1 fully saturated rings. The van der Waals surface area contributed by atoms with Crippen molar-refractivity contribution in [2.45, 2.75) is 26.8 Å². The molecular weight excluding hydrogens is 376 g/mol. The molecule has 30 heavy (non-hydrogen) atoms. The number of anilines is 2. The summed E-state index contributed by atoms with van der Waals surface area (Å²) in [6.45, 7) is 9.50. The Kier molecular flexibility index (Phi) is 5.86. The molecule has 6 heteroatoms. The number of benzene rings is 2. The average Bonchev–Trinajstić information content (AvgIpc) is 3.16. The highest BCUT2D eigenvalue weighted by Crippen LogP contribution is 2.28. The molecule has 1 unspecified atom stereocenters. The number of aryl methyl sites for hydroxylation is 2. The van der Waals surface area contributed by atoms with Crippen LogP contribution in [0.3, 0.4) is 0 Å². The van der Waals surface area contributed by atoms with E-state index < -0.39 is 0 Å². The van der Waals surface area contributed by atoms with Crippen LogP contribution in [0.15, 0.2) is 59.1 Å². The van der Waals surface area contributed by atoms with Crippen molar-refractivity contribution in [1.82, 2.24) is 10.1 Å². The second-order valence-electron chi connectivity index (χ2n) is 7.87. The molecule has 2 heterocycles. The zero-order chi connectivity index (χ0) is 21.1. The zero-order valence-electron chi connectivity index (χ0n) is 17.8. The fourth-order valence-corrected chi connectivity index (χ4v) is 4.08. The Morgan fingerprint density at radius 1 is 1.00 bits per heavy atom. The van der Waals surface area contributed by atoms with Gasteiger partial charge in [-0.15, -0.1) is 0 Å². The lowest BCUT2D eigenvalue weighted by Gasteiger charge is -2.40. The minimum absolute atomic E-state index is 0.0883. The highest BCUT2D eigenvalue weighted by atomic mass is 16.5. The average molecular weight is 405 g/mol. The van der Waals surface area contributed by atoms with Crippen LogP contribution in [-0.2, 0) is 4.79 Å². The van der Waals surface area contributed by atoms with E-state index in [4.69, 9.17) is 4.52 Å². The predicted molar refractivity (Wildman–Crippen MR) is 119 cm³/mol. The molecule has 6 nitrogen and oxygen atoms in total. The van der Waals surface area contributed by atoms with E-state index in [0.29, 0.717) is 11.6 Å². The lowest BCUT2D eigenvalue weighted by molar-refractivity contribution is -0.121. The molecule has 1 aliphatic rings. The van der Waals surface area contributed by atoms with Gasteiger partial charge < -0.3 is 14.7 Å². The summed E-state index contributed by atoms with van der Waals surface area (Å²) in [7, 11) is 0. The molecule has 4 rings (SSSR count). The number of carbonyl (C=O) groups is 1. The summed E-state index contributed by atoms with van der Waals surface area (Å²) in [5, 5.41) is 6.83. The fourth-order valence-electron chi connectivity index (χ4n) is 4.08. The molecule has 0 bridgehead atoms. The monoisotopic (exact) mass is 404 g/mol. The van der Waals surface area contributed by atoms with Crippen molar-refractivity contribution in [3.8, 4) is 0 Å². The summed E-state index contributed by atoms with van der Waals surface area (Å²) >= 11 is 0. The SMILES string of the molecule is Cc1cc(NC(=O)C(c2ccccc2)N2CCN(c3cccc(C)c3C)CC2)no1. The Morgan fingerprint density at radius 3 is 2.40 bits per heavy atom. The van der Waals surface area contributed by atoms with E-state index in [-0.39, 0.29) is 11.9 Å². The smallest absolute Gasteiger partial charge is 0.247 e. The third-order valence-electron chi connectivity index (χ3n) is 5.84. The van der Waals surface area contributed by atoms with Crippen LogP contribution in [0.4, 0.5) is 11.5 Å². The van der Waals surface area contributed by atoms with Crippen LogP contribution < -0.4 is 10.2 Å². The van der Waals surface area contributed by atoms with E-state index in [1.54, 1.807) is 6.07 Å². The summed E-state index contributed by atoms with van der Waals surface area (Å²) < 4.78 is 5.10. The number of nitrogens with one attached hydrogen (secondary N) is 1. The molecule has 1 aliphatic heterocycles. The number of rotatable bonds is 5. The number of carbonyl (C=O) groups excluding carboxylic acids is 1. The Balaban J connectivity index is 1.52. The second-order valence-corrected chi connectivity index (χ2v) is 7.87. The lowest BCUT2D eigenvalue weighted by atomic mass is 10.0. The van der Waals surface area contributed by atoms with E-state index in [1.807, 2.05) is 37.3 Å². The fraction of sp³-hybridized carbons (Fsp3) is 0.333. The molecule has 1 aromatic heterocycles. The first-order valence-electron chi connectivity index (χ1n) is 10.4. The van der Waals surface area contributed by atoms with Crippen molar-refractivity contribution < 1.29 is 9.32 Å². The molecule has 1 N–H and O–H groups in total. The molecule has 0 saturated carbocycles. The molecule has 0 spiro atoms. The minimum Gasteiger partial charge on any atom is -0.369 e. The maximum atomic E-state index is 13.2. The molecule has 0 aliphatic carbocycles. The normalized spacial score (nSPS) is 15.8. The topological polar surface area (TPSA) is 61.6 Å². The molecule has 1 saturated heterocycles. The number of nitrogens with zero attached hydrogens (tertiary/aromatic N) is 3. The van der Waals surface area contributed by atoms with Crippen LogP contribution in [-0.4, -0.2) is 42.1 Å². The highest BCUT2D eigenvalue weighted by molar-refractivity contribution is 5.94. The molecule has 0 radical (unpaired) electrons. The Morgan fingerprint density at radius 2 is 1.73 bits per heavy atom. The van der Waals surface area contributed by atoms with Gasteiger partial charge >= 0.3 is 0 Å². The van der Waals surface area contributed by atoms with Gasteiger partial charge in [0.25, 0.3) is 0 Å². The van der Waals surface area contributed by atoms with Gasteiger partial charge in [0, 0.05) is 37.9 Å². The molecule has 1 amide bonds. The Hall–Kier alpha value is -3.12. The highest BCUT2D eigenvalue weighted by Gasteiger charge is 2.31. The van der Waals surface area contributed by atoms with Crippen LogP contribution >= 0.6 is 0 Å². The van der Waals surface area contributed by atoms with Gasteiger partial charge in [-0.3, -0.25) is 9.69 Å². The third-order valence-corrected chi connectivity index (χ3v) is 5.84. The number of hydrogen-bond acceptors (Lipinski definition) is 5. The maximum Gasteiger partial charge on any atom is 0.247 e. The number of amides is 1. The second kappa shape index (κ2) is 8.71. The van der Waals surface area contributed by atoms with E-state index >= 15 is 0 Å². The quantitative estimate of drug-likeness (QED) is 0.694. The summed E-state index contributed by atoms with van der Waals surface area (Å²) in [4.78, 5) is 17.9. The van der Waals surface area contributed by atoms with E-state index in [9.17, 15) is 4.79 Å². The van der Waals surface area contributed by atoms with Gasteiger partial charge in [0.05, 0.1) is 0 Å². The number of piperazine rings is 1. The van der Waals surface area contributed by atoms with Crippen LogP contribution in [0.25, 0.3) is 0 Å². The van der Waals surface area contributed by atoms with Gasteiger partial charge in [-0.05, 0) is 43.5 Å². The maximum absolute atomic E-state index is 13.2. The van der Waals surface area contributed by atoms with Crippen LogP contribution in [0.2, 0.25) is 0 Å². The largest absolute Gasteiger partial charge is 0.369 e. The minimum atomic E-state index is -0.371. The first-order valence-corrected chi connectivity index (χ1v) is 10.4. The molecule has 156 valence electrons. The van der Waals surface area contributed by atoms with Crippen molar-refractivity contribution in [3.63, 3.8) is 0 Å². The molecule has 3 aromatic rings. The zero-order valence-corrected chi connectivity index (χ0v) is 17.8. The van der Waals surface area contributed by atoms with Gasteiger partial charge in [-0.2, -0.15) is 0 Å². The van der Waals surface area contributed by atoms with Gasteiger partial charge in [0.1, 0.15) is 11.8 Å². The Labute approximate surface area is 177 Å². The van der Waals surface area contributed by atoms with Crippen molar-refractivity contribution in [2.24, 2.45) is 0 Å². The van der Waals surface area contributed by atoms with Gasteiger partial charge in [-0.25, -0.2) is 0 Å². The van der Waals surface area contributed by atoms with Crippen LogP contribution in [0.1, 0.15) is 28.5 Å². The van der Waals surface area contributed by atoms with Gasteiger partial charge in [0.2, 0.25) is 5.91 Å². The van der Waals surface area contributed by atoms with Crippen LogP contribution in [0.5, 0.6) is 0 Å². The summed E-state index contributed by atoms with van der Waals surface area (Å²) in [6.07, 6.45) is 0. The lowest BCUT2D eigenvalue weighted by Crippen LogP contribution is -2.50. The summed E-state index contributed by atoms with van der Waals surface area (Å²) in [6, 6.07) is 17.8. The molecule has 2 aromatic carbocycles. The Bertz CT molecular complexity index is 1010. The predicted octanol–water partition coefficient (Wildman–Crippen LogP) is 4.10. The van der Waals surface area contributed by atoms with Crippen LogP contribution in [0, 0.1) is 20.8 Å². The van der Waals surface area contributed by atoms with Crippen molar-refractivity contribution in [3.05, 3.63) is 77.0 Å². The van der Waals surface area contributed by atoms with Gasteiger partial charge in [-0.1, -0.05) is 47.6 Å². The van der Waals surface area contributed by atoms with Crippen molar-refractivity contribution in [1.29, 1.82) is 0 Å². The molecular formula is C24H28N4O2. The molecule has 1 atom stereocenters. The first kappa shape index (κ1) is 20.2. The van der Waals surface area contributed by atoms with E-state index in [2.05, 4.69) is 52.3 Å². The standard InChI is InChI=1S/C24H28N4O2/c1-17-8-7-11-21(19(17)3)27-12-14-28(15-13-27)23(20-9-5-4-6-10-20)24(29)25-22-16-18(2)30-26-22/h4-11,16,23H,12-15H2,1-3H3,(H,25,26,29). The third kappa shape index (κ3) is 4.24. The van der Waals surface area contributed by atoms with Gasteiger partial charge in [0.15, 0.2) is 5.82 Å². The van der Waals surface area contributed by atoms with E-state index in [0.717, 1.165) is 31.7 Å². The van der Waals surface area contributed by atoms with E-state index in [1.165, 1.54) is 16.8 Å². The number of hydrogen-bond donors (Lipinski definition) is 1. The number of aromatic nitrogens is 1.